The fraction of sp³-hybridized carbons (Fsp3) is 0.643. The van der Waals surface area contributed by atoms with Gasteiger partial charge in [0, 0.05) is 24.9 Å². The van der Waals surface area contributed by atoms with Crippen LogP contribution < -0.4 is 11.3 Å². The van der Waals surface area contributed by atoms with E-state index in [2.05, 4.69) is 29.5 Å². The molecule has 1 heterocycles. The maximum Gasteiger partial charge on any atom is 0.0795 e. The van der Waals surface area contributed by atoms with E-state index in [4.69, 9.17) is 10.6 Å². The maximum atomic E-state index is 5.73. The molecule has 3 N–H and O–H groups in total. The van der Waals surface area contributed by atoms with Crippen LogP contribution in [0.4, 0.5) is 0 Å². The van der Waals surface area contributed by atoms with Gasteiger partial charge in [0.1, 0.15) is 0 Å². The Bertz CT molecular complexity index is 349. The highest BCUT2D eigenvalue weighted by atomic mass is 16.5. The van der Waals surface area contributed by atoms with Crippen molar-refractivity contribution < 1.29 is 4.74 Å². The van der Waals surface area contributed by atoms with Crippen LogP contribution in [0.2, 0.25) is 0 Å². The summed E-state index contributed by atoms with van der Waals surface area (Å²) in [6.45, 7) is 8.87. The van der Waals surface area contributed by atoms with E-state index >= 15 is 0 Å². The lowest BCUT2D eigenvalue weighted by molar-refractivity contribution is -0.0383. The zero-order valence-electron chi connectivity index (χ0n) is 11.9. The van der Waals surface area contributed by atoms with E-state index in [1.807, 2.05) is 27.0 Å². The molecule has 1 unspecified atom stereocenters. The van der Waals surface area contributed by atoms with Gasteiger partial charge in [-0.2, -0.15) is 0 Å². The Morgan fingerprint density at radius 3 is 2.56 bits per heavy atom. The minimum Gasteiger partial charge on any atom is -0.374 e. The van der Waals surface area contributed by atoms with E-state index in [0.29, 0.717) is 6.61 Å². The third kappa shape index (κ3) is 4.05. The van der Waals surface area contributed by atoms with E-state index in [-0.39, 0.29) is 11.6 Å². The van der Waals surface area contributed by atoms with Gasteiger partial charge < -0.3 is 4.74 Å². The van der Waals surface area contributed by atoms with E-state index < -0.39 is 0 Å². The van der Waals surface area contributed by atoms with Crippen molar-refractivity contribution >= 4 is 0 Å². The summed E-state index contributed by atoms with van der Waals surface area (Å²) in [7, 11) is 0. The van der Waals surface area contributed by atoms with Crippen LogP contribution >= 0.6 is 0 Å². The number of ether oxygens (including phenoxy) is 1. The van der Waals surface area contributed by atoms with Gasteiger partial charge in [-0.05, 0) is 38.8 Å². The van der Waals surface area contributed by atoms with Crippen molar-refractivity contribution in [3.8, 4) is 0 Å². The molecule has 0 saturated carbocycles. The molecule has 1 atom stereocenters. The third-order valence-corrected chi connectivity index (χ3v) is 3.26. The first kappa shape index (κ1) is 15.1. The Balaban J connectivity index is 2.72. The molecule has 4 heteroatoms. The molecule has 18 heavy (non-hydrogen) atoms. The minimum atomic E-state index is -0.311. The maximum absolute atomic E-state index is 5.73. The van der Waals surface area contributed by atoms with Crippen molar-refractivity contribution in [2.45, 2.75) is 52.2 Å². The summed E-state index contributed by atoms with van der Waals surface area (Å²) in [6, 6.07) is 4.21. The van der Waals surface area contributed by atoms with Gasteiger partial charge in [-0.15, -0.1) is 0 Å². The van der Waals surface area contributed by atoms with Gasteiger partial charge in [0.25, 0.3) is 0 Å². The quantitative estimate of drug-likeness (QED) is 0.573. The number of aryl methyl sites for hydroxylation is 1. The van der Waals surface area contributed by atoms with Crippen molar-refractivity contribution in [3.63, 3.8) is 0 Å². The van der Waals surface area contributed by atoms with Gasteiger partial charge in [0.05, 0.1) is 11.6 Å². The van der Waals surface area contributed by atoms with Crippen molar-refractivity contribution in [3.05, 3.63) is 29.6 Å². The number of hydrogen-bond acceptors (Lipinski definition) is 4. The second kappa shape index (κ2) is 6.83. The molecular formula is C14H25N3O. The van der Waals surface area contributed by atoms with Gasteiger partial charge in [-0.1, -0.05) is 13.0 Å². The van der Waals surface area contributed by atoms with Gasteiger partial charge >= 0.3 is 0 Å². The van der Waals surface area contributed by atoms with Crippen LogP contribution in [-0.2, 0) is 17.6 Å². The molecule has 1 aromatic heterocycles. The summed E-state index contributed by atoms with van der Waals surface area (Å²) in [5, 5.41) is 0. The normalized spacial score (nSPS) is 13.6. The smallest absolute Gasteiger partial charge is 0.0795 e. The van der Waals surface area contributed by atoms with Crippen molar-refractivity contribution in [2.75, 3.05) is 6.61 Å². The zero-order chi connectivity index (χ0) is 13.6. The minimum absolute atomic E-state index is 0.0393. The highest BCUT2D eigenvalue weighted by Gasteiger charge is 2.29. The highest BCUT2D eigenvalue weighted by molar-refractivity contribution is 5.15. The number of hydrogen-bond donors (Lipinski definition) is 2. The summed E-state index contributed by atoms with van der Waals surface area (Å²) < 4.78 is 5.73. The van der Waals surface area contributed by atoms with Crippen LogP contribution in [0.5, 0.6) is 0 Å². The molecule has 0 aliphatic heterocycles. The molecule has 0 aliphatic rings. The van der Waals surface area contributed by atoms with Gasteiger partial charge in [0.2, 0.25) is 0 Å². The van der Waals surface area contributed by atoms with Crippen LogP contribution in [0, 0.1) is 0 Å². The lowest BCUT2D eigenvalue weighted by Crippen LogP contribution is -2.52. The first-order valence-corrected chi connectivity index (χ1v) is 6.57. The largest absolute Gasteiger partial charge is 0.374 e. The average Bonchev–Trinajstić information content (AvgIpc) is 2.36. The monoisotopic (exact) mass is 251 g/mol. The molecule has 102 valence electrons. The molecule has 4 nitrogen and oxygen atoms in total. The SMILES string of the molecule is CCOC(C)(C)C(Cc1ccc(CC)cn1)NN. The predicted molar refractivity (Wildman–Crippen MR) is 74.1 cm³/mol. The number of nitrogens with one attached hydrogen (secondary N) is 1. The van der Waals surface area contributed by atoms with Crippen molar-refractivity contribution in [2.24, 2.45) is 5.84 Å². The summed E-state index contributed by atoms with van der Waals surface area (Å²) in [6.07, 6.45) is 3.69. The molecule has 0 amide bonds. The van der Waals surface area contributed by atoms with E-state index in [0.717, 1.165) is 18.5 Å². The van der Waals surface area contributed by atoms with E-state index in [1.165, 1.54) is 5.56 Å². The number of nitrogens with zero attached hydrogens (tertiary/aromatic N) is 1. The van der Waals surface area contributed by atoms with Crippen LogP contribution in [0.15, 0.2) is 18.3 Å². The second-order valence-electron chi connectivity index (χ2n) is 4.97. The number of rotatable bonds is 7. The fourth-order valence-electron chi connectivity index (χ4n) is 1.97. The van der Waals surface area contributed by atoms with Crippen LogP contribution in [0.25, 0.3) is 0 Å². The van der Waals surface area contributed by atoms with Crippen molar-refractivity contribution in [1.82, 2.24) is 10.4 Å². The molecule has 0 radical (unpaired) electrons. The number of hydrazine groups is 1. The molecule has 0 bridgehead atoms. The molecule has 0 spiro atoms. The van der Waals surface area contributed by atoms with E-state index in [1.54, 1.807) is 0 Å². The predicted octanol–water partition coefficient (Wildman–Crippen LogP) is 1.83. The van der Waals surface area contributed by atoms with Gasteiger partial charge in [0.15, 0.2) is 0 Å². The number of aromatic nitrogens is 1. The highest BCUT2D eigenvalue weighted by Crippen LogP contribution is 2.18. The Morgan fingerprint density at radius 1 is 1.39 bits per heavy atom. The Morgan fingerprint density at radius 2 is 2.11 bits per heavy atom. The van der Waals surface area contributed by atoms with E-state index in [9.17, 15) is 0 Å². The second-order valence-corrected chi connectivity index (χ2v) is 4.97. The zero-order valence-corrected chi connectivity index (χ0v) is 11.9. The summed E-state index contributed by atoms with van der Waals surface area (Å²) in [5.74, 6) is 5.64. The molecule has 0 aliphatic carbocycles. The summed E-state index contributed by atoms with van der Waals surface area (Å²) in [5.41, 5.74) is 4.81. The summed E-state index contributed by atoms with van der Waals surface area (Å²) in [4.78, 5) is 4.46. The number of pyridine rings is 1. The summed E-state index contributed by atoms with van der Waals surface area (Å²) >= 11 is 0. The van der Waals surface area contributed by atoms with Crippen LogP contribution in [0.1, 0.15) is 39.0 Å². The van der Waals surface area contributed by atoms with Crippen LogP contribution in [0.3, 0.4) is 0 Å². The molecular weight excluding hydrogens is 226 g/mol. The van der Waals surface area contributed by atoms with Crippen LogP contribution in [-0.4, -0.2) is 23.2 Å². The third-order valence-electron chi connectivity index (χ3n) is 3.26. The van der Waals surface area contributed by atoms with Gasteiger partial charge in [-0.25, -0.2) is 0 Å². The molecule has 0 fully saturated rings. The molecule has 1 rings (SSSR count). The van der Waals surface area contributed by atoms with Gasteiger partial charge in [-0.3, -0.25) is 16.3 Å². The Labute approximate surface area is 110 Å². The Hall–Kier alpha value is -0.970. The molecule has 0 saturated heterocycles. The standard InChI is InChI=1S/C14H25N3O/c1-5-11-7-8-12(16-10-11)9-13(17-15)14(3,4)18-6-2/h7-8,10,13,17H,5-6,9,15H2,1-4H3. The molecule has 0 aromatic carbocycles. The average molecular weight is 251 g/mol. The van der Waals surface area contributed by atoms with Crippen molar-refractivity contribution in [1.29, 1.82) is 0 Å². The Kier molecular flexibility index (Phi) is 5.72. The molecule has 1 aromatic rings. The first-order chi connectivity index (χ1) is 8.53. The lowest BCUT2D eigenvalue weighted by Gasteiger charge is -2.33. The lowest BCUT2D eigenvalue weighted by atomic mass is 9.94. The topological polar surface area (TPSA) is 60.2 Å². The first-order valence-electron chi connectivity index (χ1n) is 6.57. The fourth-order valence-corrected chi connectivity index (χ4v) is 1.97. The number of nitrogens with two attached hydrogens (primary N) is 1.